The van der Waals surface area contributed by atoms with Gasteiger partial charge in [0.1, 0.15) is 12.4 Å². The summed E-state index contributed by atoms with van der Waals surface area (Å²) in [6, 6.07) is 3.33. The van der Waals surface area contributed by atoms with Gasteiger partial charge >= 0.3 is 6.09 Å². The number of hydrogen-bond donors (Lipinski definition) is 2. The molecule has 0 radical (unpaired) electrons. The summed E-state index contributed by atoms with van der Waals surface area (Å²) in [5.74, 6) is 0.262. The van der Waals surface area contributed by atoms with Crippen molar-refractivity contribution in [2.75, 3.05) is 18.9 Å². The number of ether oxygens (including phenoxy) is 1. The first-order chi connectivity index (χ1) is 13.5. The van der Waals surface area contributed by atoms with Gasteiger partial charge in [-0.1, -0.05) is 12.5 Å². The zero-order chi connectivity index (χ0) is 19.7. The molecule has 1 amide bonds. The number of rotatable bonds is 5. The van der Waals surface area contributed by atoms with Crippen LogP contribution >= 0.6 is 0 Å². The number of nitrogens with two attached hydrogens (primary N) is 1. The van der Waals surface area contributed by atoms with Crippen LogP contribution in [-0.4, -0.2) is 45.3 Å². The van der Waals surface area contributed by atoms with Crippen molar-refractivity contribution in [3.05, 3.63) is 35.9 Å². The van der Waals surface area contributed by atoms with Crippen LogP contribution in [0.4, 0.5) is 15.0 Å². The Labute approximate surface area is 162 Å². The lowest BCUT2D eigenvalue weighted by Gasteiger charge is -2.29. The van der Waals surface area contributed by atoms with Crippen molar-refractivity contribution in [1.82, 2.24) is 14.9 Å². The van der Waals surface area contributed by atoms with Crippen molar-refractivity contribution in [2.24, 2.45) is 0 Å². The second kappa shape index (κ2) is 7.61. The van der Waals surface area contributed by atoms with Crippen molar-refractivity contribution in [2.45, 2.75) is 44.1 Å². The average Bonchev–Trinajstić information content (AvgIpc) is 3.10. The Morgan fingerprint density at radius 2 is 2.07 bits per heavy atom. The lowest BCUT2D eigenvalue weighted by atomic mass is 9.79. The number of benzene rings is 1. The first-order valence-corrected chi connectivity index (χ1v) is 9.57. The number of carbonyl (C=O) groups is 1. The van der Waals surface area contributed by atoms with Crippen molar-refractivity contribution in [3.63, 3.8) is 0 Å². The van der Waals surface area contributed by atoms with Crippen LogP contribution in [0.2, 0.25) is 0 Å². The highest BCUT2D eigenvalue weighted by Crippen LogP contribution is 2.44. The second-order valence-electron chi connectivity index (χ2n) is 7.38. The Kier molecular flexibility index (Phi) is 5.02. The summed E-state index contributed by atoms with van der Waals surface area (Å²) in [6.45, 7) is 0.627. The van der Waals surface area contributed by atoms with E-state index in [1.54, 1.807) is 6.07 Å². The molecule has 1 saturated heterocycles. The summed E-state index contributed by atoms with van der Waals surface area (Å²) in [5.41, 5.74) is 7.09. The molecule has 1 aromatic carbocycles. The molecule has 2 aliphatic rings. The average molecular weight is 386 g/mol. The molecule has 1 saturated carbocycles. The minimum atomic E-state index is -0.961. The van der Waals surface area contributed by atoms with Gasteiger partial charge in [-0.15, -0.1) is 0 Å². The van der Waals surface area contributed by atoms with Gasteiger partial charge in [0, 0.05) is 17.7 Å². The first kappa shape index (κ1) is 18.5. The van der Waals surface area contributed by atoms with Gasteiger partial charge in [0.2, 0.25) is 0 Å². The summed E-state index contributed by atoms with van der Waals surface area (Å²) in [4.78, 5) is 20.9. The number of amides is 1. The summed E-state index contributed by atoms with van der Waals surface area (Å²) >= 11 is 0. The molecule has 1 unspecified atom stereocenters. The smallest absolute Gasteiger partial charge is 0.407 e. The minimum Gasteiger partial charge on any atom is -0.488 e. The molecule has 0 spiro atoms. The normalized spacial score (nSPS) is 19.5. The SMILES string of the molecule is Nc1cnc(-c2ccc(C3CCC3)c(OCC3CCCN3C(=O)O)c2F)cn1. The van der Waals surface area contributed by atoms with E-state index in [2.05, 4.69) is 9.97 Å². The fourth-order valence-corrected chi connectivity index (χ4v) is 3.87. The van der Waals surface area contributed by atoms with Gasteiger partial charge < -0.3 is 20.5 Å². The van der Waals surface area contributed by atoms with E-state index in [0.717, 1.165) is 37.7 Å². The fraction of sp³-hybridized carbons (Fsp3) is 0.450. The third-order valence-electron chi connectivity index (χ3n) is 5.66. The van der Waals surface area contributed by atoms with E-state index in [4.69, 9.17) is 10.5 Å². The molecule has 28 heavy (non-hydrogen) atoms. The van der Waals surface area contributed by atoms with Crippen molar-refractivity contribution in [3.8, 4) is 17.0 Å². The van der Waals surface area contributed by atoms with Gasteiger partial charge in [0.05, 0.1) is 24.1 Å². The summed E-state index contributed by atoms with van der Waals surface area (Å²) < 4.78 is 21.3. The highest BCUT2D eigenvalue weighted by Gasteiger charge is 2.31. The Hall–Kier alpha value is -2.90. The van der Waals surface area contributed by atoms with Crippen LogP contribution in [-0.2, 0) is 0 Å². The highest BCUT2D eigenvalue weighted by molar-refractivity contribution is 5.66. The van der Waals surface area contributed by atoms with Crippen LogP contribution in [0.15, 0.2) is 24.5 Å². The highest BCUT2D eigenvalue weighted by atomic mass is 19.1. The fourth-order valence-electron chi connectivity index (χ4n) is 3.87. The molecule has 0 bridgehead atoms. The molecule has 8 heteroatoms. The summed E-state index contributed by atoms with van der Waals surface area (Å²) in [5, 5.41) is 9.31. The molecular weight excluding hydrogens is 363 g/mol. The lowest BCUT2D eigenvalue weighted by molar-refractivity contribution is 0.122. The largest absolute Gasteiger partial charge is 0.488 e. The van der Waals surface area contributed by atoms with Crippen molar-refractivity contribution in [1.29, 1.82) is 0 Å². The molecule has 148 valence electrons. The third-order valence-corrected chi connectivity index (χ3v) is 5.66. The molecule has 1 aromatic heterocycles. The van der Waals surface area contributed by atoms with Crippen LogP contribution in [0.5, 0.6) is 5.75 Å². The number of nitrogens with zero attached hydrogens (tertiary/aromatic N) is 3. The minimum absolute atomic E-state index is 0.139. The summed E-state index contributed by atoms with van der Waals surface area (Å²) in [7, 11) is 0. The molecule has 1 atom stereocenters. The van der Waals surface area contributed by atoms with Gasteiger partial charge in [0.15, 0.2) is 11.6 Å². The van der Waals surface area contributed by atoms with Gasteiger partial charge in [0.25, 0.3) is 0 Å². The van der Waals surface area contributed by atoms with Crippen LogP contribution in [0.3, 0.4) is 0 Å². The van der Waals surface area contributed by atoms with E-state index in [0.29, 0.717) is 17.8 Å². The topological polar surface area (TPSA) is 102 Å². The molecule has 2 aromatic rings. The second-order valence-corrected chi connectivity index (χ2v) is 7.38. The number of carboxylic acid groups (broad SMARTS) is 1. The Morgan fingerprint density at radius 1 is 1.25 bits per heavy atom. The number of anilines is 1. The molecule has 1 aliphatic carbocycles. The quantitative estimate of drug-likeness (QED) is 0.813. The number of nitrogen functional groups attached to an aromatic ring is 1. The van der Waals surface area contributed by atoms with Crippen LogP contribution in [0, 0.1) is 5.82 Å². The number of hydrogen-bond acceptors (Lipinski definition) is 5. The molecule has 4 rings (SSSR count). The van der Waals surface area contributed by atoms with E-state index in [9.17, 15) is 9.90 Å². The van der Waals surface area contributed by atoms with E-state index in [-0.39, 0.29) is 30.1 Å². The maximum atomic E-state index is 15.4. The van der Waals surface area contributed by atoms with E-state index < -0.39 is 11.9 Å². The molecule has 2 heterocycles. The van der Waals surface area contributed by atoms with Crippen molar-refractivity contribution >= 4 is 11.9 Å². The third kappa shape index (κ3) is 3.46. The monoisotopic (exact) mass is 386 g/mol. The van der Waals surface area contributed by atoms with Gasteiger partial charge in [-0.2, -0.15) is 0 Å². The number of aromatic nitrogens is 2. The Morgan fingerprint density at radius 3 is 2.71 bits per heavy atom. The zero-order valence-electron chi connectivity index (χ0n) is 15.5. The Balaban J connectivity index is 1.64. The molecule has 1 aliphatic heterocycles. The van der Waals surface area contributed by atoms with E-state index in [1.807, 2.05) is 6.07 Å². The van der Waals surface area contributed by atoms with E-state index >= 15 is 4.39 Å². The first-order valence-electron chi connectivity index (χ1n) is 9.57. The molecule has 2 fully saturated rings. The van der Waals surface area contributed by atoms with Crippen LogP contribution in [0.25, 0.3) is 11.3 Å². The molecule has 3 N–H and O–H groups in total. The number of likely N-dealkylation sites (tertiary alicyclic amines) is 1. The van der Waals surface area contributed by atoms with Gasteiger partial charge in [-0.05, 0) is 37.7 Å². The summed E-state index contributed by atoms with van der Waals surface area (Å²) in [6.07, 6.45) is 6.49. The van der Waals surface area contributed by atoms with Gasteiger partial charge in [-0.25, -0.2) is 14.2 Å². The predicted molar refractivity (Wildman–Crippen MR) is 102 cm³/mol. The van der Waals surface area contributed by atoms with E-state index in [1.165, 1.54) is 17.3 Å². The molecular formula is C20H23FN4O3. The number of halogens is 1. The standard InChI is InChI=1S/C20H23FN4O3/c21-18-15(16-9-24-17(22)10-23-16)7-6-14(12-3-1-4-12)19(18)28-11-13-5-2-8-25(13)20(26)27/h6-7,9-10,12-13H,1-5,8,11H2,(H2,22,24)(H,26,27). The lowest BCUT2D eigenvalue weighted by Crippen LogP contribution is -2.38. The predicted octanol–water partition coefficient (Wildman–Crippen LogP) is 3.65. The maximum absolute atomic E-state index is 15.4. The Bertz CT molecular complexity index is 870. The van der Waals surface area contributed by atoms with Gasteiger partial charge in [-0.3, -0.25) is 4.98 Å². The van der Waals surface area contributed by atoms with Crippen LogP contribution in [0.1, 0.15) is 43.6 Å². The zero-order valence-corrected chi connectivity index (χ0v) is 15.5. The molecule has 7 nitrogen and oxygen atoms in total. The van der Waals surface area contributed by atoms with Crippen molar-refractivity contribution < 1.29 is 19.0 Å². The maximum Gasteiger partial charge on any atom is 0.407 e. The van der Waals surface area contributed by atoms with Crippen LogP contribution < -0.4 is 10.5 Å².